The molecule has 0 radical (unpaired) electrons. The molecule has 0 spiro atoms. The summed E-state index contributed by atoms with van der Waals surface area (Å²) in [5, 5.41) is 2.99. The normalized spacial score (nSPS) is 16.7. The number of anilines is 1. The van der Waals surface area contributed by atoms with Gasteiger partial charge in [0.2, 0.25) is 5.91 Å². The van der Waals surface area contributed by atoms with Gasteiger partial charge in [0.25, 0.3) is 0 Å². The van der Waals surface area contributed by atoms with Gasteiger partial charge in [-0.15, -0.1) is 0 Å². The van der Waals surface area contributed by atoms with Crippen LogP contribution in [0.4, 0.5) is 10.2 Å². The molecule has 0 bridgehead atoms. The second-order valence-corrected chi connectivity index (χ2v) is 4.80. The van der Waals surface area contributed by atoms with Crippen LogP contribution in [0, 0.1) is 5.82 Å². The van der Waals surface area contributed by atoms with E-state index < -0.39 is 0 Å². The maximum absolute atomic E-state index is 13.4. The smallest absolute Gasteiger partial charge is 0.222 e. The third-order valence-corrected chi connectivity index (χ3v) is 3.55. The summed E-state index contributed by atoms with van der Waals surface area (Å²) in [6.45, 7) is 3.56. The van der Waals surface area contributed by atoms with Crippen molar-refractivity contribution in [2.45, 2.75) is 38.6 Å². The highest BCUT2D eigenvalue weighted by Gasteiger charge is 2.26. The summed E-state index contributed by atoms with van der Waals surface area (Å²) in [5.74, 6) is 0.189. The van der Waals surface area contributed by atoms with E-state index in [4.69, 9.17) is 0 Å². The van der Waals surface area contributed by atoms with Crippen LogP contribution in [0.3, 0.4) is 0 Å². The standard InChI is InChI=1S/C14H20FN3O/c1-2-11(18-10-4-6-13(18)19)7-9-17-14-12(15)5-3-8-16-14/h3,5,8,11H,2,4,6-7,9-10H2,1H3,(H,16,17)/t11-/m0/s1. The van der Waals surface area contributed by atoms with Crippen molar-refractivity contribution in [2.24, 2.45) is 0 Å². The van der Waals surface area contributed by atoms with Crippen molar-refractivity contribution in [3.8, 4) is 0 Å². The topological polar surface area (TPSA) is 45.2 Å². The fraction of sp³-hybridized carbons (Fsp3) is 0.571. The minimum atomic E-state index is -0.340. The summed E-state index contributed by atoms with van der Waals surface area (Å²) < 4.78 is 13.4. The van der Waals surface area contributed by atoms with E-state index in [1.165, 1.54) is 6.07 Å². The maximum atomic E-state index is 13.4. The highest BCUT2D eigenvalue weighted by molar-refractivity contribution is 5.78. The van der Waals surface area contributed by atoms with Gasteiger partial charge in [-0.1, -0.05) is 6.92 Å². The molecule has 4 nitrogen and oxygen atoms in total. The van der Waals surface area contributed by atoms with Crippen molar-refractivity contribution in [2.75, 3.05) is 18.4 Å². The van der Waals surface area contributed by atoms with E-state index in [9.17, 15) is 9.18 Å². The third-order valence-electron chi connectivity index (χ3n) is 3.55. The van der Waals surface area contributed by atoms with Crippen molar-refractivity contribution >= 4 is 11.7 Å². The molecule has 1 aliphatic rings. The summed E-state index contributed by atoms with van der Waals surface area (Å²) in [6, 6.07) is 3.20. The van der Waals surface area contributed by atoms with Crippen LogP contribution in [-0.4, -0.2) is 34.9 Å². The highest BCUT2D eigenvalue weighted by atomic mass is 19.1. The average Bonchev–Trinajstić information content (AvgIpc) is 2.83. The van der Waals surface area contributed by atoms with E-state index in [-0.39, 0.29) is 23.6 Å². The van der Waals surface area contributed by atoms with Crippen molar-refractivity contribution in [3.63, 3.8) is 0 Å². The summed E-state index contributed by atoms with van der Waals surface area (Å²) in [7, 11) is 0. The van der Waals surface area contributed by atoms with Crippen LogP contribution in [0.25, 0.3) is 0 Å². The van der Waals surface area contributed by atoms with Gasteiger partial charge in [0.1, 0.15) is 0 Å². The lowest BCUT2D eigenvalue weighted by Gasteiger charge is -2.27. The highest BCUT2D eigenvalue weighted by Crippen LogP contribution is 2.18. The predicted molar refractivity (Wildman–Crippen MR) is 72.3 cm³/mol. The molecule has 0 unspecified atom stereocenters. The van der Waals surface area contributed by atoms with Gasteiger partial charge < -0.3 is 10.2 Å². The minimum Gasteiger partial charge on any atom is -0.368 e. The molecular formula is C14H20FN3O. The van der Waals surface area contributed by atoms with E-state index in [2.05, 4.69) is 17.2 Å². The number of nitrogens with one attached hydrogen (secondary N) is 1. The van der Waals surface area contributed by atoms with Crippen LogP contribution in [0.2, 0.25) is 0 Å². The SMILES string of the molecule is CC[C@@H](CCNc1ncccc1F)N1CCCC1=O. The number of pyridine rings is 1. The molecule has 0 saturated carbocycles. The van der Waals surface area contributed by atoms with Crippen molar-refractivity contribution in [1.82, 2.24) is 9.88 Å². The lowest BCUT2D eigenvalue weighted by atomic mass is 10.1. The fourth-order valence-corrected chi connectivity index (χ4v) is 2.51. The van der Waals surface area contributed by atoms with Crippen LogP contribution in [-0.2, 0) is 4.79 Å². The van der Waals surface area contributed by atoms with E-state index in [1.54, 1.807) is 12.3 Å². The summed E-state index contributed by atoms with van der Waals surface area (Å²) in [4.78, 5) is 17.6. The van der Waals surface area contributed by atoms with Crippen molar-refractivity contribution in [1.29, 1.82) is 0 Å². The fourth-order valence-electron chi connectivity index (χ4n) is 2.51. The Kier molecular flexibility index (Phi) is 4.71. The molecule has 19 heavy (non-hydrogen) atoms. The molecule has 1 aromatic rings. The Morgan fingerprint density at radius 2 is 2.42 bits per heavy atom. The zero-order chi connectivity index (χ0) is 13.7. The van der Waals surface area contributed by atoms with Crippen molar-refractivity contribution < 1.29 is 9.18 Å². The van der Waals surface area contributed by atoms with Crippen LogP contribution in [0.5, 0.6) is 0 Å². The Morgan fingerprint density at radius 1 is 1.58 bits per heavy atom. The first-order valence-electron chi connectivity index (χ1n) is 6.86. The third kappa shape index (κ3) is 3.43. The molecule has 0 aliphatic carbocycles. The van der Waals surface area contributed by atoms with Crippen LogP contribution in [0.15, 0.2) is 18.3 Å². The minimum absolute atomic E-state index is 0.245. The van der Waals surface area contributed by atoms with Crippen molar-refractivity contribution in [3.05, 3.63) is 24.1 Å². The lowest BCUT2D eigenvalue weighted by Crippen LogP contribution is -2.37. The summed E-state index contributed by atoms with van der Waals surface area (Å²) in [5.41, 5.74) is 0. The number of halogens is 1. The molecule has 1 aromatic heterocycles. The number of carbonyl (C=O) groups is 1. The molecular weight excluding hydrogens is 245 g/mol. The van der Waals surface area contributed by atoms with Gasteiger partial charge >= 0.3 is 0 Å². The van der Waals surface area contributed by atoms with E-state index in [0.29, 0.717) is 13.0 Å². The van der Waals surface area contributed by atoms with Gasteiger partial charge in [0.05, 0.1) is 0 Å². The number of rotatable bonds is 6. The maximum Gasteiger partial charge on any atom is 0.222 e. The van der Waals surface area contributed by atoms with Crippen LogP contribution < -0.4 is 5.32 Å². The molecule has 1 saturated heterocycles. The number of carbonyl (C=O) groups excluding carboxylic acids is 1. The molecule has 104 valence electrons. The molecule has 1 amide bonds. The van der Waals surface area contributed by atoms with Gasteiger partial charge in [-0.05, 0) is 31.4 Å². The second-order valence-electron chi connectivity index (χ2n) is 4.80. The Hall–Kier alpha value is -1.65. The van der Waals surface area contributed by atoms with Gasteiger partial charge in [-0.25, -0.2) is 9.37 Å². The van der Waals surface area contributed by atoms with Gasteiger partial charge in [0.15, 0.2) is 11.6 Å². The van der Waals surface area contributed by atoms with Gasteiger partial charge in [-0.2, -0.15) is 0 Å². The van der Waals surface area contributed by atoms with E-state index in [0.717, 1.165) is 25.8 Å². The lowest BCUT2D eigenvalue weighted by molar-refractivity contribution is -0.129. The zero-order valence-electron chi connectivity index (χ0n) is 11.2. The molecule has 2 rings (SSSR count). The number of likely N-dealkylation sites (tertiary alicyclic amines) is 1. The number of aromatic nitrogens is 1. The number of amides is 1. The second kappa shape index (κ2) is 6.50. The Bertz CT molecular complexity index is 438. The van der Waals surface area contributed by atoms with Crippen LogP contribution in [0.1, 0.15) is 32.6 Å². The number of nitrogens with zero attached hydrogens (tertiary/aromatic N) is 2. The van der Waals surface area contributed by atoms with Gasteiger partial charge in [0, 0.05) is 31.7 Å². The molecule has 2 heterocycles. The monoisotopic (exact) mass is 265 g/mol. The largest absolute Gasteiger partial charge is 0.368 e. The first kappa shape index (κ1) is 13.8. The molecule has 1 aliphatic heterocycles. The predicted octanol–water partition coefficient (Wildman–Crippen LogP) is 2.42. The molecule has 1 atom stereocenters. The quantitative estimate of drug-likeness (QED) is 0.859. The Morgan fingerprint density at radius 3 is 3.05 bits per heavy atom. The molecule has 1 fully saturated rings. The van der Waals surface area contributed by atoms with E-state index in [1.807, 2.05) is 4.90 Å². The number of hydrogen-bond donors (Lipinski definition) is 1. The van der Waals surface area contributed by atoms with Gasteiger partial charge in [-0.3, -0.25) is 4.79 Å². The first-order chi connectivity index (χ1) is 9.22. The first-order valence-corrected chi connectivity index (χ1v) is 6.86. The Balaban J connectivity index is 1.84. The molecule has 0 aromatic carbocycles. The molecule has 1 N–H and O–H groups in total. The Labute approximate surface area is 113 Å². The number of hydrogen-bond acceptors (Lipinski definition) is 3. The summed E-state index contributed by atoms with van der Waals surface area (Å²) >= 11 is 0. The molecule has 5 heteroatoms. The average molecular weight is 265 g/mol. The van der Waals surface area contributed by atoms with Crippen LogP contribution >= 0.6 is 0 Å². The zero-order valence-corrected chi connectivity index (χ0v) is 11.2. The van der Waals surface area contributed by atoms with E-state index >= 15 is 0 Å². The summed E-state index contributed by atoms with van der Waals surface area (Å²) in [6.07, 6.45) is 4.93.